The van der Waals surface area contributed by atoms with Gasteiger partial charge in [0.1, 0.15) is 12.4 Å². The summed E-state index contributed by atoms with van der Waals surface area (Å²) in [5.74, 6) is 1.16. The first-order valence-corrected chi connectivity index (χ1v) is 7.53. The highest BCUT2D eigenvalue weighted by molar-refractivity contribution is 5.47. The molecule has 5 nitrogen and oxygen atoms in total. The van der Waals surface area contributed by atoms with Crippen LogP contribution in [0, 0.1) is 10.1 Å². The molecule has 0 saturated carbocycles. The maximum Gasteiger partial charge on any atom is 0.311 e. The summed E-state index contributed by atoms with van der Waals surface area (Å²) in [6.45, 7) is 4.01. The average Bonchev–Trinajstić information content (AvgIpc) is 2.60. The normalized spacial score (nSPS) is 11.9. The van der Waals surface area contributed by atoms with E-state index in [0.717, 1.165) is 5.56 Å². The van der Waals surface area contributed by atoms with Crippen molar-refractivity contribution in [2.75, 3.05) is 0 Å². The fraction of sp³-hybridized carbons (Fsp3) is 0.158. The molecule has 0 saturated heterocycles. The zero-order valence-corrected chi connectivity index (χ0v) is 13.6. The third-order valence-corrected chi connectivity index (χ3v) is 3.25. The van der Waals surface area contributed by atoms with Crippen LogP contribution in [0.3, 0.4) is 0 Å². The van der Waals surface area contributed by atoms with Gasteiger partial charge in [0.05, 0.1) is 4.92 Å². The smallest absolute Gasteiger partial charge is 0.311 e. The van der Waals surface area contributed by atoms with Gasteiger partial charge in [-0.25, -0.2) is 0 Å². The van der Waals surface area contributed by atoms with Crippen LogP contribution in [0.4, 0.5) is 5.69 Å². The van der Waals surface area contributed by atoms with Gasteiger partial charge in [0, 0.05) is 6.07 Å². The molecule has 0 bridgehead atoms. The predicted molar refractivity (Wildman–Crippen MR) is 92.5 cm³/mol. The quantitative estimate of drug-likeness (QED) is 0.311. The van der Waals surface area contributed by atoms with E-state index < -0.39 is 4.92 Å². The van der Waals surface area contributed by atoms with Gasteiger partial charge in [-0.1, -0.05) is 48.5 Å². The van der Waals surface area contributed by atoms with Gasteiger partial charge in [-0.15, -0.1) is 0 Å². The molecule has 5 heteroatoms. The second-order valence-corrected chi connectivity index (χ2v) is 5.02. The van der Waals surface area contributed by atoms with Gasteiger partial charge in [0.25, 0.3) is 0 Å². The Hall–Kier alpha value is -3.08. The van der Waals surface area contributed by atoms with Crippen molar-refractivity contribution >= 4 is 5.69 Å². The molecule has 0 atom stereocenters. The second-order valence-electron chi connectivity index (χ2n) is 5.02. The molecule has 0 radical (unpaired) electrons. The molecule has 0 fully saturated rings. The van der Waals surface area contributed by atoms with Crippen molar-refractivity contribution in [1.29, 1.82) is 0 Å². The average molecular weight is 325 g/mol. The lowest BCUT2D eigenvalue weighted by Crippen LogP contribution is -2.02. The number of ether oxygens (including phenoxy) is 2. The molecule has 2 aromatic rings. The van der Waals surface area contributed by atoms with Gasteiger partial charge in [-0.2, -0.15) is 0 Å². The summed E-state index contributed by atoms with van der Waals surface area (Å²) < 4.78 is 11.5. The molecule has 0 N–H and O–H groups in total. The Bertz CT molecular complexity index is 751. The van der Waals surface area contributed by atoms with Crippen LogP contribution >= 0.6 is 0 Å². The SMILES string of the molecule is C/C=C\C(Oc1ccccc1[N+](=O)[O-])=C(/C)OCc1ccccc1. The van der Waals surface area contributed by atoms with E-state index in [1.54, 1.807) is 37.3 Å². The Morgan fingerprint density at radius 3 is 2.46 bits per heavy atom. The number of nitrogens with zero attached hydrogens (tertiary/aromatic N) is 1. The monoisotopic (exact) mass is 325 g/mol. The number of allylic oxidation sites excluding steroid dienone is 3. The van der Waals surface area contributed by atoms with Gasteiger partial charge in [0.15, 0.2) is 5.76 Å². The van der Waals surface area contributed by atoms with E-state index in [4.69, 9.17) is 9.47 Å². The van der Waals surface area contributed by atoms with Crippen LogP contribution in [0.2, 0.25) is 0 Å². The van der Waals surface area contributed by atoms with E-state index in [9.17, 15) is 10.1 Å². The third-order valence-electron chi connectivity index (χ3n) is 3.25. The number of nitro benzene ring substituents is 1. The van der Waals surface area contributed by atoms with Crippen molar-refractivity contribution in [2.24, 2.45) is 0 Å². The Balaban J connectivity index is 2.20. The zero-order valence-electron chi connectivity index (χ0n) is 13.6. The summed E-state index contributed by atoms with van der Waals surface area (Å²) >= 11 is 0. The standard InChI is InChI=1S/C19H19NO4/c1-3-9-18(15(2)23-14-16-10-5-4-6-11-16)24-19-13-8-7-12-17(19)20(21)22/h3-13H,14H2,1-2H3/b9-3-,18-15-. The van der Waals surface area contributed by atoms with E-state index >= 15 is 0 Å². The zero-order chi connectivity index (χ0) is 17.4. The maximum absolute atomic E-state index is 11.1. The molecule has 0 aliphatic carbocycles. The van der Waals surface area contributed by atoms with Crippen LogP contribution in [0.25, 0.3) is 0 Å². The molecule has 0 amide bonds. The van der Waals surface area contributed by atoms with E-state index in [2.05, 4.69) is 0 Å². The topological polar surface area (TPSA) is 61.6 Å². The van der Waals surface area contributed by atoms with Crippen LogP contribution < -0.4 is 4.74 Å². The summed E-state index contributed by atoms with van der Waals surface area (Å²) in [4.78, 5) is 10.6. The molecule has 0 spiro atoms. The summed E-state index contributed by atoms with van der Waals surface area (Å²) in [5.41, 5.74) is 0.942. The molecule has 2 aromatic carbocycles. The highest BCUT2D eigenvalue weighted by Gasteiger charge is 2.16. The minimum absolute atomic E-state index is 0.0876. The molecule has 0 unspecified atom stereocenters. The fourth-order valence-electron chi connectivity index (χ4n) is 2.02. The van der Waals surface area contributed by atoms with E-state index in [-0.39, 0.29) is 11.4 Å². The van der Waals surface area contributed by atoms with Crippen molar-refractivity contribution < 1.29 is 14.4 Å². The van der Waals surface area contributed by atoms with Gasteiger partial charge in [0.2, 0.25) is 5.75 Å². The predicted octanol–water partition coefficient (Wildman–Crippen LogP) is 5.00. The van der Waals surface area contributed by atoms with Crippen LogP contribution in [-0.2, 0) is 11.3 Å². The number of benzene rings is 2. The fourth-order valence-corrected chi connectivity index (χ4v) is 2.02. The number of nitro groups is 1. The first kappa shape index (κ1) is 17.3. The van der Waals surface area contributed by atoms with Crippen molar-refractivity contribution in [3.63, 3.8) is 0 Å². The summed E-state index contributed by atoms with van der Waals surface area (Å²) in [7, 11) is 0. The lowest BCUT2D eigenvalue weighted by Gasteiger charge is -2.12. The van der Waals surface area contributed by atoms with Gasteiger partial charge < -0.3 is 9.47 Å². The maximum atomic E-state index is 11.1. The minimum Gasteiger partial charge on any atom is -0.490 e. The highest BCUT2D eigenvalue weighted by Crippen LogP contribution is 2.28. The van der Waals surface area contributed by atoms with Crippen molar-refractivity contribution in [2.45, 2.75) is 20.5 Å². The highest BCUT2D eigenvalue weighted by atomic mass is 16.6. The third kappa shape index (κ3) is 4.71. The van der Waals surface area contributed by atoms with Gasteiger partial charge in [-0.05, 0) is 31.6 Å². The number of para-hydroxylation sites is 2. The first-order valence-electron chi connectivity index (χ1n) is 7.53. The molecular formula is C19H19NO4. The summed E-state index contributed by atoms with van der Waals surface area (Å²) in [6.07, 6.45) is 3.51. The molecule has 124 valence electrons. The van der Waals surface area contributed by atoms with E-state index in [1.807, 2.05) is 37.3 Å². The molecule has 0 aliphatic rings. The Labute approximate surface area is 141 Å². The molecule has 0 aliphatic heterocycles. The van der Waals surface area contributed by atoms with Crippen LogP contribution in [0.5, 0.6) is 5.75 Å². The first-order chi connectivity index (χ1) is 11.6. The lowest BCUT2D eigenvalue weighted by atomic mass is 10.2. The lowest BCUT2D eigenvalue weighted by molar-refractivity contribution is -0.385. The molecule has 2 rings (SSSR count). The Kier molecular flexibility index (Phi) is 6.14. The summed E-state index contributed by atoms with van der Waals surface area (Å²) in [5, 5.41) is 11.1. The summed E-state index contributed by atoms with van der Waals surface area (Å²) in [6, 6.07) is 16.0. The molecule has 0 aromatic heterocycles. The van der Waals surface area contributed by atoms with Crippen LogP contribution in [-0.4, -0.2) is 4.92 Å². The van der Waals surface area contributed by atoms with Crippen LogP contribution in [0.1, 0.15) is 19.4 Å². The van der Waals surface area contributed by atoms with Gasteiger partial charge >= 0.3 is 5.69 Å². The number of rotatable bonds is 7. The largest absolute Gasteiger partial charge is 0.490 e. The minimum atomic E-state index is -0.469. The van der Waals surface area contributed by atoms with Crippen molar-refractivity contribution in [1.82, 2.24) is 0 Å². The van der Waals surface area contributed by atoms with Gasteiger partial charge in [-0.3, -0.25) is 10.1 Å². The van der Waals surface area contributed by atoms with E-state index in [0.29, 0.717) is 18.1 Å². The van der Waals surface area contributed by atoms with E-state index in [1.165, 1.54) is 6.07 Å². The second kappa shape index (κ2) is 8.53. The Morgan fingerprint density at radius 2 is 1.79 bits per heavy atom. The van der Waals surface area contributed by atoms with Crippen LogP contribution in [0.15, 0.2) is 78.3 Å². The molecule has 24 heavy (non-hydrogen) atoms. The van der Waals surface area contributed by atoms with Crippen molar-refractivity contribution in [3.8, 4) is 5.75 Å². The molecule has 0 heterocycles. The number of hydrogen-bond donors (Lipinski definition) is 0. The number of hydrogen-bond acceptors (Lipinski definition) is 4. The Morgan fingerprint density at radius 1 is 1.12 bits per heavy atom. The molecular weight excluding hydrogens is 306 g/mol. The van der Waals surface area contributed by atoms with Crippen molar-refractivity contribution in [3.05, 3.63) is 93.9 Å².